The van der Waals surface area contributed by atoms with E-state index in [1.165, 1.54) is 6.07 Å². The summed E-state index contributed by atoms with van der Waals surface area (Å²) in [5.74, 6) is -2.91. The van der Waals surface area contributed by atoms with Crippen molar-refractivity contribution < 1.29 is 19.1 Å². The second-order valence-electron chi connectivity index (χ2n) is 4.50. The molecule has 2 unspecified atom stereocenters. The van der Waals surface area contributed by atoms with Crippen LogP contribution < -0.4 is 11.1 Å². The van der Waals surface area contributed by atoms with Crippen LogP contribution in [-0.2, 0) is 9.59 Å². The van der Waals surface area contributed by atoms with Crippen LogP contribution in [0.1, 0.15) is 6.42 Å². The van der Waals surface area contributed by atoms with Crippen molar-refractivity contribution in [3.8, 4) is 0 Å². The molecule has 1 saturated carbocycles. The first-order valence-electron chi connectivity index (χ1n) is 5.71. The average Bonchev–Trinajstić information content (AvgIpc) is 3.06. The standard InChI is InChI=1S/C12H10N2O5/c15-10(6-4-7(6)11(16)17)13-5-1-2-8-9(3-5)19-12(18)14-8/h1-3,6-7H,4H2,(H,13,15)(H,14,18)(H,16,17). The highest BCUT2D eigenvalue weighted by Crippen LogP contribution is 2.39. The second kappa shape index (κ2) is 3.98. The van der Waals surface area contributed by atoms with Gasteiger partial charge in [0.1, 0.15) is 0 Å². The Labute approximate surface area is 106 Å². The normalized spacial score (nSPS) is 21.3. The van der Waals surface area contributed by atoms with Gasteiger partial charge in [-0.25, -0.2) is 4.79 Å². The lowest BCUT2D eigenvalue weighted by Crippen LogP contribution is -2.16. The Kier molecular flexibility index (Phi) is 2.41. The van der Waals surface area contributed by atoms with Crippen molar-refractivity contribution in [1.82, 2.24) is 4.98 Å². The molecule has 0 spiro atoms. The molecule has 2 atom stereocenters. The third-order valence-corrected chi connectivity index (χ3v) is 3.13. The number of hydrogen-bond acceptors (Lipinski definition) is 4. The van der Waals surface area contributed by atoms with Crippen LogP contribution in [-0.4, -0.2) is 22.0 Å². The number of nitrogens with one attached hydrogen (secondary N) is 2. The first kappa shape index (κ1) is 11.5. The van der Waals surface area contributed by atoms with Gasteiger partial charge in [-0.3, -0.25) is 14.6 Å². The maximum Gasteiger partial charge on any atom is 0.417 e. The molecule has 3 N–H and O–H groups in total. The van der Waals surface area contributed by atoms with E-state index >= 15 is 0 Å². The fourth-order valence-corrected chi connectivity index (χ4v) is 2.02. The number of aliphatic carboxylic acids is 1. The van der Waals surface area contributed by atoms with Gasteiger partial charge in [-0.05, 0) is 18.6 Å². The number of fused-ring (bicyclic) bond motifs is 1. The summed E-state index contributed by atoms with van der Waals surface area (Å²) < 4.78 is 4.87. The Morgan fingerprint density at radius 2 is 2.16 bits per heavy atom. The SMILES string of the molecule is O=C(O)C1CC1C(=O)Nc1ccc2[nH]c(=O)oc2c1. The predicted octanol–water partition coefficient (Wildman–Crippen LogP) is 0.780. The van der Waals surface area contributed by atoms with Gasteiger partial charge in [0, 0.05) is 11.8 Å². The molecule has 3 rings (SSSR count). The topological polar surface area (TPSA) is 112 Å². The molecular formula is C12H10N2O5. The molecule has 0 aliphatic heterocycles. The van der Waals surface area contributed by atoms with Gasteiger partial charge in [0.05, 0.1) is 17.4 Å². The van der Waals surface area contributed by atoms with E-state index < -0.39 is 23.6 Å². The van der Waals surface area contributed by atoms with E-state index in [9.17, 15) is 14.4 Å². The lowest BCUT2D eigenvalue weighted by molar-refractivity contribution is -0.139. The van der Waals surface area contributed by atoms with E-state index in [0.29, 0.717) is 23.2 Å². The molecule has 1 amide bonds. The molecule has 0 radical (unpaired) electrons. The minimum absolute atomic E-state index is 0.329. The summed E-state index contributed by atoms with van der Waals surface area (Å²) >= 11 is 0. The summed E-state index contributed by atoms with van der Waals surface area (Å²) in [5, 5.41) is 11.4. The number of rotatable bonds is 3. The van der Waals surface area contributed by atoms with Crippen LogP contribution >= 0.6 is 0 Å². The number of aromatic amines is 1. The minimum atomic E-state index is -0.952. The molecule has 1 aromatic heterocycles. The van der Waals surface area contributed by atoms with Crippen molar-refractivity contribution >= 4 is 28.7 Å². The molecule has 1 aromatic carbocycles. The zero-order valence-electron chi connectivity index (χ0n) is 9.67. The van der Waals surface area contributed by atoms with E-state index in [1.807, 2.05) is 0 Å². The minimum Gasteiger partial charge on any atom is -0.481 e. The van der Waals surface area contributed by atoms with Gasteiger partial charge in [-0.2, -0.15) is 0 Å². The van der Waals surface area contributed by atoms with Gasteiger partial charge in [-0.15, -0.1) is 0 Å². The van der Waals surface area contributed by atoms with Crippen LogP contribution in [0.3, 0.4) is 0 Å². The van der Waals surface area contributed by atoms with Crippen LogP contribution in [0.2, 0.25) is 0 Å². The molecule has 7 heteroatoms. The number of benzene rings is 1. The van der Waals surface area contributed by atoms with Gasteiger partial charge in [0.2, 0.25) is 5.91 Å². The van der Waals surface area contributed by atoms with Gasteiger partial charge in [-0.1, -0.05) is 0 Å². The summed E-state index contributed by atoms with van der Waals surface area (Å²) in [5.41, 5.74) is 1.35. The fourth-order valence-electron chi connectivity index (χ4n) is 2.02. The van der Waals surface area contributed by atoms with Gasteiger partial charge >= 0.3 is 11.7 Å². The molecule has 2 aromatic rings. The number of anilines is 1. The van der Waals surface area contributed by atoms with Gasteiger partial charge < -0.3 is 14.8 Å². The quantitative estimate of drug-likeness (QED) is 0.756. The maximum atomic E-state index is 11.8. The van der Waals surface area contributed by atoms with Crippen molar-refractivity contribution in [2.45, 2.75) is 6.42 Å². The zero-order chi connectivity index (χ0) is 13.6. The monoisotopic (exact) mass is 262 g/mol. The largest absolute Gasteiger partial charge is 0.481 e. The third-order valence-electron chi connectivity index (χ3n) is 3.13. The molecule has 98 valence electrons. The second-order valence-corrected chi connectivity index (χ2v) is 4.50. The van der Waals surface area contributed by atoms with E-state index in [0.717, 1.165) is 0 Å². The Hall–Kier alpha value is -2.57. The van der Waals surface area contributed by atoms with Crippen molar-refractivity contribution in [1.29, 1.82) is 0 Å². The van der Waals surface area contributed by atoms with E-state index in [-0.39, 0.29) is 5.91 Å². The highest BCUT2D eigenvalue weighted by atomic mass is 16.4. The van der Waals surface area contributed by atoms with Crippen LogP contribution in [0.25, 0.3) is 11.1 Å². The number of H-pyrrole nitrogens is 1. The molecule has 1 heterocycles. The number of hydrogen-bond donors (Lipinski definition) is 3. The Morgan fingerprint density at radius 1 is 1.37 bits per heavy atom. The first-order chi connectivity index (χ1) is 9.04. The van der Waals surface area contributed by atoms with Crippen LogP contribution in [0, 0.1) is 11.8 Å². The first-order valence-corrected chi connectivity index (χ1v) is 5.71. The number of aromatic nitrogens is 1. The summed E-state index contributed by atoms with van der Waals surface area (Å²) in [6, 6.07) is 4.74. The van der Waals surface area contributed by atoms with E-state index in [4.69, 9.17) is 9.52 Å². The van der Waals surface area contributed by atoms with Crippen molar-refractivity contribution in [2.75, 3.05) is 5.32 Å². The lowest BCUT2D eigenvalue weighted by atomic mass is 10.2. The summed E-state index contributed by atoms with van der Waals surface area (Å²) in [4.78, 5) is 35.9. The number of carboxylic acids is 1. The molecule has 0 bridgehead atoms. The van der Waals surface area contributed by atoms with Crippen LogP contribution in [0.15, 0.2) is 27.4 Å². The van der Waals surface area contributed by atoms with E-state index in [1.54, 1.807) is 12.1 Å². The fraction of sp³-hybridized carbons (Fsp3) is 0.250. The van der Waals surface area contributed by atoms with Crippen LogP contribution in [0.5, 0.6) is 0 Å². The molecule has 1 aliphatic rings. The number of carboxylic acid groups (broad SMARTS) is 1. The van der Waals surface area contributed by atoms with Crippen molar-refractivity contribution in [2.24, 2.45) is 11.8 Å². The summed E-state index contributed by atoms with van der Waals surface area (Å²) in [6.07, 6.45) is 0.364. The molecule has 0 saturated heterocycles. The molecule has 1 aliphatic carbocycles. The Balaban J connectivity index is 1.76. The molecule has 7 nitrogen and oxygen atoms in total. The molecular weight excluding hydrogens is 252 g/mol. The smallest absolute Gasteiger partial charge is 0.417 e. The zero-order valence-corrected chi connectivity index (χ0v) is 9.67. The summed E-state index contributed by atoms with van der Waals surface area (Å²) in [6.45, 7) is 0. The number of carbonyl (C=O) groups excluding carboxylic acids is 1. The van der Waals surface area contributed by atoms with Crippen molar-refractivity contribution in [3.05, 3.63) is 28.7 Å². The number of oxazole rings is 1. The van der Waals surface area contributed by atoms with Crippen LogP contribution in [0.4, 0.5) is 5.69 Å². The molecule has 19 heavy (non-hydrogen) atoms. The predicted molar refractivity (Wildman–Crippen MR) is 64.7 cm³/mol. The van der Waals surface area contributed by atoms with E-state index in [2.05, 4.69) is 10.3 Å². The lowest BCUT2D eigenvalue weighted by Gasteiger charge is -2.03. The van der Waals surface area contributed by atoms with Crippen molar-refractivity contribution in [3.63, 3.8) is 0 Å². The highest BCUT2D eigenvalue weighted by Gasteiger charge is 2.48. The Morgan fingerprint density at radius 3 is 2.84 bits per heavy atom. The van der Waals surface area contributed by atoms with Gasteiger partial charge in [0.25, 0.3) is 0 Å². The highest BCUT2D eigenvalue weighted by molar-refractivity contribution is 5.99. The maximum absolute atomic E-state index is 11.8. The third kappa shape index (κ3) is 2.10. The van der Waals surface area contributed by atoms with Gasteiger partial charge in [0.15, 0.2) is 5.58 Å². The summed E-state index contributed by atoms with van der Waals surface area (Å²) in [7, 11) is 0. The Bertz CT molecular complexity index is 729. The number of carbonyl (C=O) groups is 2. The average molecular weight is 262 g/mol. The molecule has 1 fully saturated rings. The number of amides is 1.